The Bertz CT molecular complexity index is 496. The lowest BCUT2D eigenvalue weighted by molar-refractivity contribution is 0.298. The molecule has 0 bridgehead atoms. The molecule has 0 aliphatic heterocycles. The Balaban J connectivity index is 0.00000106. The van der Waals surface area contributed by atoms with E-state index in [9.17, 15) is 0 Å². The summed E-state index contributed by atoms with van der Waals surface area (Å²) >= 11 is 0. The second-order valence-corrected chi connectivity index (χ2v) is 4.98. The van der Waals surface area contributed by atoms with Crippen LogP contribution in [0, 0.1) is 5.92 Å². The van der Waals surface area contributed by atoms with Crippen molar-refractivity contribution in [3.8, 4) is 11.5 Å². The number of rotatable bonds is 7. The standard InChI is InChI=1S/C17H20O2.C2H6/c1-13(2)7-8-14(3)19-17-6-4-5-16(11-17)18-12-15-9-10-15;1-2/h4-8,11,15H,1,3,9-10,12H2,2H3;1-2H3/b8-7-;. The van der Waals surface area contributed by atoms with E-state index in [-0.39, 0.29) is 0 Å². The van der Waals surface area contributed by atoms with Crippen molar-refractivity contribution in [1.29, 1.82) is 0 Å². The van der Waals surface area contributed by atoms with E-state index in [0.717, 1.165) is 29.6 Å². The van der Waals surface area contributed by atoms with Gasteiger partial charge in [-0.25, -0.2) is 0 Å². The van der Waals surface area contributed by atoms with Crippen molar-refractivity contribution in [3.63, 3.8) is 0 Å². The van der Waals surface area contributed by atoms with Gasteiger partial charge in [-0.15, -0.1) is 0 Å². The Labute approximate surface area is 128 Å². The van der Waals surface area contributed by atoms with E-state index in [4.69, 9.17) is 9.47 Å². The molecule has 0 heterocycles. The zero-order valence-corrected chi connectivity index (χ0v) is 13.4. The summed E-state index contributed by atoms with van der Waals surface area (Å²) in [5, 5.41) is 0. The quantitative estimate of drug-likeness (QED) is 0.485. The third kappa shape index (κ3) is 7.40. The maximum Gasteiger partial charge on any atom is 0.131 e. The molecule has 1 aliphatic carbocycles. The Morgan fingerprint density at radius 3 is 2.48 bits per heavy atom. The van der Waals surface area contributed by atoms with Gasteiger partial charge in [0.2, 0.25) is 0 Å². The van der Waals surface area contributed by atoms with E-state index in [1.807, 2.05) is 51.1 Å². The Morgan fingerprint density at radius 1 is 1.19 bits per heavy atom. The second kappa shape index (κ2) is 9.06. The molecule has 21 heavy (non-hydrogen) atoms. The van der Waals surface area contributed by atoms with Gasteiger partial charge in [-0.1, -0.05) is 44.7 Å². The molecule has 1 aromatic carbocycles. The summed E-state index contributed by atoms with van der Waals surface area (Å²) in [5.74, 6) is 2.92. The first-order valence-electron chi connectivity index (χ1n) is 7.56. The summed E-state index contributed by atoms with van der Waals surface area (Å²) in [6.07, 6.45) is 6.26. The molecular formula is C19H26O2. The third-order valence-electron chi connectivity index (χ3n) is 2.79. The normalized spacial score (nSPS) is 13.3. The van der Waals surface area contributed by atoms with Crippen LogP contribution in [0.5, 0.6) is 11.5 Å². The van der Waals surface area contributed by atoms with Gasteiger partial charge in [-0.2, -0.15) is 0 Å². The molecule has 1 aromatic rings. The largest absolute Gasteiger partial charge is 0.493 e. The predicted molar refractivity (Wildman–Crippen MR) is 89.7 cm³/mol. The van der Waals surface area contributed by atoms with Crippen molar-refractivity contribution in [2.75, 3.05) is 6.61 Å². The Kier molecular flexibility index (Phi) is 7.38. The summed E-state index contributed by atoms with van der Waals surface area (Å²) in [6.45, 7) is 14.4. The first-order valence-corrected chi connectivity index (χ1v) is 7.56. The Morgan fingerprint density at radius 2 is 1.86 bits per heavy atom. The van der Waals surface area contributed by atoms with Crippen LogP contribution in [0.3, 0.4) is 0 Å². The molecule has 0 saturated heterocycles. The molecule has 0 N–H and O–H groups in total. The lowest BCUT2D eigenvalue weighted by Crippen LogP contribution is -1.99. The van der Waals surface area contributed by atoms with Crippen LogP contribution >= 0.6 is 0 Å². The molecule has 2 heteroatoms. The van der Waals surface area contributed by atoms with Gasteiger partial charge in [0.05, 0.1) is 6.61 Å². The summed E-state index contributed by atoms with van der Waals surface area (Å²) in [6, 6.07) is 7.65. The fraction of sp³-hybridized carbons (Fsp3) is 0.368. The molecule has 0 spiro atoms. The molecule has 2 nitrogen and oxygen atoms in total. The van der Waals surface area contributed by atoms with E-state index >= 15 is 0 Å². The lowest BCUT2D eigenvalue weighted by Gasteiger charge is -2.08. The van der Waals surface area contributed by atoms with Crippen LogP contribution in [0.2, 0.25) is 0 Å². The van der Waals surface area contributed by atoms with Crippen molar-refractivity contribution < 1.29 is 9.47 Å². The average Bonchev–Trinajstić information content (AvgIpc) is 3.30. The van der Waals surface area contributed by atoms with Gasteiger partial charge in [-0.05, 0) is 43.9 Å². The van der Waals surface area contributed by atoms with E-state index in [0.29, 0.717) is 5.76 Å². The molecular weight excluding hydrogens is 260 g/mol. The summed E-state index contributed by atoms with van der Waals surface area (Å²) in [5.41, 5.74) is 0.964. The van der Waals surface area contributed by atoms with Gasteiger partial charge in [-0.3, -0.25) is 0 Å². The van der Waals surface area contributed by atoms with E-state index in [1.165, 1.54) is 12.8 Å². The van der Waals surface area contributed by atoms with Crippen LogP contribution in [0.15, 0.2) is 60.9 Å². The monoisotopic (exact) mass is 286 g/mol. The highest BCUT2D eigenvalue weighted by Crippen LogP contribution is 2.30. The van der Waals surface area contributed by atoms with Crippen LogP contribution in [0.25, 0.3) is 0 Å². The van der Waals surface area contributed by atoms with Crippen LogP contribution in [0.4, 0.5) is 0 Å². The number of allylic oxidation sites excluding steroid dienone is 3. The van der Waals surface area contributed by atoms with Crippen LogP contribution < -0.4 is 9.47 Å². The van der Waals surface area contributed by atoms with Crippen molar-refractivity contribution in [2.45, 2.75) is 33.6 Å². The first kappa shape index (κ1) is 17.1. The molecule has 114 valence electrons. The fourth-order valence-electron chi connectivity index (χ4n) is 1.55. The number of ether oxygens (including phenoxy) is 2. The molecule has 0 atom stereocenters. The third-order valence-corrected chi connectivity index (χ3v) is 2.79. The van der Waals surface area contributed by atoms with E-state index in [2.05, 4.69) is 13.2 Å². The van der Waals surface area contributed by atoms with E-state index < -0.39 is 0 Å². The predicted octanol–water partition coefficient (Wildman–Crippen LogP) is 5.53. The van der Waals surface area contributed by atoms with Gasteiger partial charge < -0.3 is 9.47 Å². The SMILES string of the molecule is C=C(C)/C=C\C(=C)Oc1cccc(OCC2CC2)c1.CC. The number of hydrogen-bond acceptors (Lipinski definition) is 2. The summed E-state index contributed by atoms with van der Waals surface area (Å²) in [7, 11) is 0. The van der Waals surface area contributed by atoms with Crippen molar-refractivity contribution >= 4 is 0 Å². The van der Waals surface area contributed by atoms with Gasteiger partial charge in [0.25, 0.3) is 0 Å². The highest BCUT2D eigenvalue weighted by atomic mass is 16.5. The number of hydrogen-bond donors (Lipinski definition) is 0. The minimum absolute atomic E-state index is 0.586. The fourth-order valence-corrected chi connectivity index (χ4v) is 1.55. The Hall–Kier alpha value is -1.96. The van der Waals surface area contributed by atoms with Crippen LogP contribution in [-0.4, -0.2) is 6.61 Å². The molecule has 1 aliphatic rings. The van der Waals surface area contributed by atoms with Crippen molar-refractivity contribution in [1.82, 2.24) is 0 Å². The van der Waals surface area contributed by atoms with Gasteiger partial charge in [0, 0.05) is 6.07 Å². The van der Waals surface area contributed by atoms with Gasteiger partial charge in [0.15, 0.2) is 0 Å². The average molecular weight is 286 g/mol. The van der Waals surface area contributed by atoms with Crippen LogP contribution in [0.1, 0.15) is 33.6 Å². The molecule has 2 rings (SSSR count). The zero-order chi connectivity index (χ0) is 15.7. The molecule has 0 unspecified atom stereocenters. The lowest BCUT2D eigenvalue weighted by atomic mass is 10.3. The highest BCUT2D eigenvalue weighted by Gasteiger charge is 2.21. The molecule has 1 saturated carbocycles. The maximum atomic E-state index is 5.71. The number of benzene rings is 1. The topological polar surface area (TPSA) is 18.5 Å². The zero-order valence-electron chi connectivity index (χ0n) is 13.4. The van der Waals surface area contributed by atoms with Crippen LogP contribution in [-0.2, 0) is 0 Å². The van der Waals surface area contributed by atoms with Gasteiger partial charge >= 0.3 is 0 Å². The molecule has 1 fully saturated rings. The minimum Gasteiger partial charge on any atom is -0.493 e. The van der Waals surface area contributed by atoms with E-state index in [1.54, 1.807) is 6.08 Å². The maximum absolute atomic E-state index is 5.71. The highest BCUT2D eigenvalue weighted by molar-refractivity contribution is 5.35. The smallest absolute Gasteiger partial charge is 0.131 e. The second-order valence-electron chi connectivity index (χ2n) is 4.98. The van der Waals surface area contributed by atoms with Crippen molar-refractivity contribution in [2.24, 2.45) is 5.92 Å². The van der Waals surface area contributed by atoms with Gasteiger partial charge in [0.1, 0.15) is 17.3 Å². The summed E-state index contributed by atoms with van der Waals surface area (Å²) in [4.78, 5) is 0. The molecule has 0 aromatic heterocycles. The first-order chi connectivity index (χ1) is 10.1. The van der Waals surface area contributed by atoms with Crippen molar-refractivity contribution in [3.05, 3.63) is 60.9 Å². The summed E-state index contributed by atoms with van der Waals surface area (Å²) < 4.78 is 11.3. The molecule has 0 radical (unpaired) electrons. The minimum atomic E-state index is 0.586. The molecule has 0 amide bonds.